The van der Waals surface area contributed by atoms with Crippen LogP contribution >= 0.6 is 50.1 Å². The van der Waals surface area contributed by atoms with Crippen LogP contribution in [-0.4, -0.2) is 10.2 Å². The molecule has 76 valence electrons. The SMILES string of the molecule is O=C(Cl)c1cnc(C(F)F)c(I)c1Br. The van der Waals surface area contributed by atoms with E-state index in [1.54, 1.807) is 22.6 Å². The number of nitrogens with zero attached hydrogens (tertiary/aromatic N) is 1. The molecule has 0 amide bonds. The molecular weight excluding hydrogens is 394 g/mol. The minimum absolute atomic E-state index is 0.0838. The molecule has 1 heterocycles. The molecule has 0 aliphatic carbocycles. The maximum atomic E-state index is 12.3. The molecule has 7 heteroatoms. The highest BCUT2D eigenvalue weighted by molar-refractivity contribution is 14.1. The second-order valence-electron chi connectivity index (χ2n) is 2.26. The molecule has 1 aromatic rings. The highest BCUT2D eigenvalue weighted by Gasteiger charge is 2.19. The molecule has 0 radical (unpaired) electrons. The van der Waals surface area contributed by atoms with E-state index >= 15 is 0 Å². The Labute approximate surface area is 105 Å². The van der Waals surface area contributed by atoms with Gasteiger partial charge in [0.15, 0.2) is 0 Å². The van der Waals surface area contributed by atoms with E-state index in [4.69, 9.17) is 11.6 Å². The van der Waals surface area contributed by atoms with Crippen LogP contribution in [0.25, 0.3) is 0 Å². The van der Waals surface area contributed by atoms with Gasteiger partial charge in [0.1, 0.15) is 5.69 Å². The molecule has 0 unspecified atom stereocenters. The number of hydrogen-bond acceptors (Lipinski definition) is 2. The van der Waals surface area contributed by atoms with Gasteiger partial charge in [0.25, 0.3) is 11.7 Å². The lowest BCUT2D eigenvalue weighted by atomic mass is 10.3. The second kappa shape index (κ2) is 4.80. The second-order valence-corrected chi connectivity index (χ2v) is 4.47. The Hall–Kier alpha value is 0.180. The van der Waals surface area contributed by atoms with Crippen LogP contribution < -0.4 is 0 Å². The minimum Gasteiger partial charge on any atom is -0.276 e. The topological polar surface area (TPSA) is 30.0 Å². The third-order valence-corrected chi connectivity index (χ3v) is 4.27. The fourth-order valence-electron chi connectivity index (χ4n) is 0.767. The smallest absolute Gasteiger partial charge is 0.276 e. The number of rotatable bonds is 2. The average Bonchev–Trinajstić information content (AvgIpc) is 2.08. The van der Waals surface area contributed by atoms with Crippen molar-refractivity contribution >= 4 is 55.4 Å². The van der Waals surface area contributed by atoms with Gasteiger partial charge in [-0.05, 0) is 50.1 Å². The summed E-state index contributed by atoms with van der Waals surface area (Å²) in [7, 11) is 0. The molecule has 14 heavy (non-hydrogen) atoms. The molecule has 0 spiro atoms. The van der Waals surface area contributed by atoms with Gasteiger partial charge in [0.2, 0.25) is 0 Å². The van der Waals surface area contributed by atoms with Crippen molar-refractivity contribution in [1.82, 2.24) is 4.98 Å². The first-order chi connectivity index (χ1) is 6.45. The van der Waals surface area contributed by atoms with Gasteiger partial charge < -0.3 is 0 Å². The monoisotopic (exact) mass is 395 g/mol. The lowest BCUT2D eigenvalue weighted by Gasteiger charge is -2.06. The fraction of sp³-hybridized carbons (Fsp3) is 0.143. The van der Waals surface area contributed by atoms with Crippen molar-refractivity contribution in [2.24, 2.45) is 0 Å². The Balaban J connectivity index is 3.33. The number of aromatic nitrogens is 1. The van der Waals surface area contributed by atoms with Crippen molar-refractivity contribution in [2.45, 2.75) is 6.43 Å². The molecule has 0 aliphatic heterocycles. The summed E-state index contributed by atoms with van der Waals surface area (Å²) in [6.07, 6.45) is -1.64. The van der Waals surface area contributed by atoms with Crippen molar-refractivity contribution in [3.8, 4) is 0 Å². The van der Waals surface area contributed by atoms with Crippen molar-refractivity contribution in [3.63, 3.8) is 0 Å². The molecule has 0 atom stereocenters. The van der Waals surface area contributed by atoms with Gasteiger partial charge in [-0.15, -0.1) is 0 Å². The molecule has 2 nitrogen and oxygen atoms in total. The van der Waals surface area contributed by atoms with Crippen LogP contribution in [-0.2, 0) is 0 Å². The standard InChI is InChI=1S/C7H2BrClF2INO/c8-3-2(6(9)14)1-13-5(4(3)12)7(10)11/h1,7H. The Morgan fingerprint density at radius 1 is 1.64 bits per heavy atom. The van der Waals surface area contributed by atoms with E-state index < -0.39 is 11.7 Å². The summed E-state index contributed by atoms with van der Waals surface area (Å²) < 4.78 is 25.1. The van der Waals surface area contributed by atoms with Gasteiger partial charge in [-0.25, -0.2) is 8.78 Å². The van der Waals surface area contributed by atoms with E-state index in [-0.39, 0.29) is 19.3 Å². The number of hydrogen-bond donors (Lipinski definition) is 0. The number of pyridine rings is 1. The molecule has 0 bridgehead atoms. The van der Waals surface area contributed by atoms with Gasteiger partial charge in [0, 0.05) is 10.7 Å². The van der Waals surface area contributed by atoms with Crippen molar-refractivity contribution in [3.05, 3.63) is 25.5 Å². The maximum Gasteiger partial charge on any atom is 0.281 e. The molecule has 0 saturated heterocycles. The zero-order valence-corrected chi connectivity index (χ0v) is 10.9. The van der Waals surface area contributed by atoms with Crippen molar-refractivity contribution in [1.29, 1.82) is 0 Å². The quantitative estimate of drug-likeness (QED) is 0.563. The first-order valence-corrected chi connectivity index (χ1v) is 5.52. The van der Waals surface area contributed by atoms with E-state index in [9.17, 15) is 13.6 Å². The predicted molar refractivity (Wildman–Crippen MR) is 59.8 cm³/mol. The highest BCUT2D eigenvalue weighted by Crippen LogP contribution is 2.31. The molecule has 0 N–H and O–H groups in total. The van der Waals surface area contributed by atoms with Crippen LogP contribution in [0.4, 0.5) is 8.78 Å². The van der Waals surface area contributed by atoms with Crippen molar-refractivity contribution < 1.29 is 13.6 Å². The summed E-state index contributed by atoms with van der Waals surface area (Å²) >= 11 is 9.91. The van der Waals surface area contributed by atoms with Crippen molar-refractivity contribution in [2.75, 3.05) is 0 Å². The van der Waals surface area contributed by atoms with Crippen LogP contribution in [0.5, 0.6) is 0 Å². The molecular formula is C7H2BrClF2INO. The summed E-state index contributed by atoms with van der Waals surface area (Å²) in [6, 6.07) is 0. The summed E-state index contributed by atoms with van der Waals surface area (Å²) in [5.74, 6) is 0. The summed E-state index contributed by atoms with van der Waals surface area (Å²) in [6.45, 7) is 0. The molecule has 0 aliphatic rings. The maximum absolute atomic E-state index is 12.3. The van der Waals surface area contributed by atoms with Crippen LogP contribution in [0.3, 0.4) is 0 Å². The number of halogens is 5. The molecule has 1 rings (SSSR count). The Bertz CT molecular complexity index is 388. The Morgan fingerprint density at radius 2 is 2.21 bits per heavy atom. The Kier molecular flexibility index (Phi) is 4.20. The minimum atomic E-state index is -2.67. The predicted octanol–water partition coefficient (Wildman–Crippen LogP) is 3.77. The lowest BCUT2D eigenvalue weighted by Crippen LogP contribution is -2.01. The largest absolute Gasteiger partial charge is 0.281 e. The molecule has 1 aromatic heterocycles. The number of alkyl halides is 2. The first kappa shape index (κ1) is 12.3. The van der Waals surface area contributed by atoms with E-state index in [1.807, 2.05) is 0 Å². The molecule has 0 aromatic carbocycles. The van der Waals surface area contributed by atoms with Gasteiger partial charge in [-0.1, -0.05) is 0 Å². The Morgan fingerprint density at radius 3 is 2.64 bits per heavy atom. The highest BCUT2D eigenvalue weighted by atomic mass is 127. The molecule has 0 fully saturated rings. The average molecular weight is 396 g/mol. The molecule has 0 saturated carbocycles. The van der Waals surface area contributed by atoms with Gasteiger partial charge in [-0.2, -0.15) is 0 Å². The normalized spacial score (nSPS) is 10.7. The van der Waals surface area contributed by atoms with Crippen LogP contribution in [0.2, 0.25) is 0 Å². The van der Waals surface area contributed by atoms with Gasteiger partial charge >= 0.3 is 0 Å². The van der Waals surface area contributed by atoms with Crippen LogP contribution in [0.1, 0.15) is 22.5 Å². The first-order valence-electron chi connectivity index (χ1n) is 3.27. The number of carbonyl (C=O) groups excluding carboxylic acids is 1. The third-order valence-electron chi connectivity index (χ3n) is 1.41. The third kappa shape index (κ3) is 2.40. The zero-order chi connectivity index (χ0) is 10.9. The van der Waals surface area contributed by atoms with E-state index in [0.29, 0.717) is 0 Å². The summed E-state index contributed by atoms with van der Waals surface area (Å²) in [5.41, 5.74) is -0.278. The number of carbonyl (C=O) groups is 1. The van der Waals surface area contributed by atoms with E-state index in [2.05, 4.69) is 20.9 Å². The van der Waals surface area contributed by atoms with Crippen LogP contribution in [0.15, 0.2) is 10.7 Å². The summed E-state index contributed by atoms with van der Waals surface area (Å²) in [4.78, 5) is 14.3. The van der Waals surface area contributed by atoms with E-state index in [1.165, 1.54) is 0 Å². The van der Waals surface area contributed by atoms with Gasteiger partial charge in [-0.3, -0.25) is 9.78 Å². The van der Waals surface area contributed by atoms with Gasteiger partial charge in [0.05, 0.1) is 9.13 Å². The zero-order valence-electron chi connectivity index (χ0n) is 6.40. The van der Waals surface area contributed by atoms with E-state index in [0.717, 1.165) is 6.20 Å². The fourth-order valence-corrected chi connectivity index (χ4v) is 2.18. The summed E-state index contributed by atoms with van der Waals surface area (Å²) in [5, 5.41) is -0.733. The van der Waals surface area contributed by atoms with Crippen LogP contribution in [0, 0.1) is 3.57 Å². The lowest BCUT2D eigenvalue weighted by molar-refractivity contribution is 0.107.